The highest BCUT2D eigenvalue weighted by Gasteiger charge is 2.38. The minimum Gasteiger partial charge on any atom is -0.367 e. The van der Waals surface area contributed by atoms with Crippen LogP contribution in [0.4, 0.5) is 0 Å². The summed E-state index contributed by atoms with van der Waals surface area (Å²) in [7, 11) is 1.97. The lowest BCUT2D eigenvalue weighted by Crippen LogP contribution is -2.43. The molecule has 14 heavy (non-hydrogen) atoms. The van der Waals surface area contributed by atoms with Crippen LogP contribution in [0.25, 0.3) is 0 Å². The zero-order chi connectivity index (χ0) is 10.7. The third kappa shape index (κ3) is 2.43. The number of hydrazine groups is 1. The first-order chi connectivity index (χ1) is 6.57. The van der Waals surface area contributed by atoms with Gasteiger partial charge in [0.25, 0.3) is 0 Å². The molecule has 1 heterocycles. The summed E-state index contributed by atoms with van der Waals surface area (Å²) in [5.74, 6) is 0.354. The van der Waals surface area contributed by atoms with Crippen molar-refractivity contribution in [2.45, 2.75) is 32.2 Å². The van der Waals surface area contributed by atoms with Gasteiger partial charge in [-0.2, -0.15) is 0 Å². The molecule has 0 aromatic heterocycles. The average molecular weight is 203 g/mol. The highest BCUT2D eigenvalue weighted by molar-refractivity contribution is 4.88. The predicted octanol–water partition coefficient (Wildman–Crippen LogP) is -0.877. The summed E-state index contributed by atoms with van der Waals surface area (Å²) in [6, 6.07) is 0.359. The average Bonchev–Trinajstić information content (AvgIpc) is 2.42. The molecule has 0 aliphatic carbocycles. The second-order valence-corrected chi connectivity index (χ2v) is 3.92. The van der Waals surface area contributed by atoms with Crippen molar-refractivity contribution in [3.63, 3.8) is 0 Å². The SMILES string of the molecule is C[C@H]1C([C@H](O)OCCN)NN(C)[C@H]1C. The standard InChI is InChI=1S/C9H21N3O2/c1-6-7(2)12(3)11-8(6)9(13)14-5-4-10/h6-9,11,13H,4-5,10H2,1-3H3/t6-,7+,8?,9-/m1/s1. The topological polar surface area (TPSA) is 70.8 Å². The Morgan fingerprint density at radius 3 is 2.64 bits per heavy atom. The lowest BCUT2D eigenvalue weighted by atomic mass is 9.97. The molecule has 0 aromatic carbocycles. The van der Waals surface area contributed by atoms with Gasteiger partial charge in [0.15, 0.2) is 6.29 Å². The van der Waals surface area contributed by atoms with Gasteiger partial charge in [-0.3, -0.25) is 0 Å². The van der Waals surface area contributed by atoms with E-state index in [-0.39, 0.29) is 6.04 Å². The van der Waals surface area contributed by atoms with Crippen molar-refractivity contribution >= 4 is 0 Å². The summed E-state index contributed by atoms with van der Waals surface area (Å²) < 4.78 is 5.18. The Morgan fingerprint density at radius 2 is 2.21 bits per heavy atom. The molecule has 0 radical (unpaired) electrons. The molecule has 84 valence electrons. The first-order valence-corrected chi connectivity index (χ1v) is 5.06. The van der Waals surface area contributed by atoms with Crippen LogP contribution in [0.5, 0.6) is 0 Å². The summed E-state index contributed by atoms with van der Waals surface area (Å²) in [5.41, 5.74) is 8.48. The first-order valence-electron chi connectivity index (χ1n) is 5.06. The summed E-state index contributed by atoms with van der Waals surface area (Å²) in [5, 5.41) is 11.7. The van der Waals surface area contributed by atoms with Crippen LogP contribution in [0, 0.1) is 5.92 Å². The number of aliphatic hydroxyl groups is 1. The fourth-order valence-corrected chi connectivity index (χ4v) is 1.74. The van der Waals surface area contributed by atoms with E-state index in [1.54, 1.807) is 0 Å². The third-order valence-corrected chi connectivity index (χ3v) is 3.00. The van der Waals surface area contributed by atoms with Crippen molar-refractivity contribution in [3.8, 4) is 0 Å². The summed E-state index contributed by atoms with van der Waals surface area (Å²) >= 11 is 0. The van der Waals surface area contributed by atoms with Crippen molar-refractivity contribution in [2.24, 2.45) is 11.7 Å². The van der Waals surface area contributed by atoms with Gasteiger partial charge in [-0.25, -0.2) is 10.4 Å². The molecule has 1 rings (SSSR count). The minimum absolute atomic E-state index is 0.0402. The van der Waals surface area contributed by atoms with Crippen LogP contribution in [0.15, 0.2) is 0 Å². The van der Waals surface area contributed by atoms with E-state index in [2.05, 4.69) is 19.3 Å². The van der Waals surface area contributed by atoms with Crippen LogP contribution in [0.1, 0.15) is 13.8 Å². The van der Waals surface area contributed by atoms with Gasteiger partial charge in [-0.05, 0) is 12.8 Å². The molecule has 1 fully saturated rings. The van der Waals surface area contributed by atoms with Gasteiger partial charge in [0.2, 0.25) is 0 Å². The molecular formula is C9H21N3O2. The van der Waals surface area contributed by atoms with Crippen LogP contribution >= 0.6 is 0 Å². The fraction of sp³-hybridized carbons (Fsp3) is 1.00. The van der Waals surface area contributed by atoms with Gasteiger partial charge in [0.05, 0.1) is 12.6 Å². The maximum Gasteiger partial charge on any atom is 0.171 e. The van der Waals surface area contributed by atoms with Crippen LogP contribution in [-0.4, -0.2) is 48.7 Å². The molecule has 1 unspecified atom stereocenters. The summed E-state index contributed by atoms with van der Waals surface area (Å²) in [4.78, 5) is 0. The molecule has 0 amide bonds. The molecule has 1 aliphatic heterocycles. The Bertz CT molecular complexity index is 179. The largest absolute Gasteiger partial charge is 0.367 e. The van der Waals surface area contributed by atoms with Gasteiger partial charge in [0.1, 0.15) is 0 Å². The van der Waals surface area contributed by atoms with Crippen LogP contribution in [0.3, 0.4) is 0 Å². The van der Waals surface area contributed by atoms with Gasteiger partial charge in [0, 0.05) is 19.6 Å². The van der Waals surface area contributed by atoms with Crippen molar-refractivity contribution in [3.05, 3.63) is 0 Å². The molecule has 0 spiro atoms. The molecule has 0 bridgehead atoms. The number of hydrogen-bond acceptors (Lipinski definition) is 5. The smallest absolute Gasteiger partial charge is 0.171 e. The minimum atomic E-state index is -0.777. The number of hydrogen-bond donors (Lipinski definition) is 3. The third-order valence-electron chi connectivity index (χ3n) is 3.00. The zero-order valence-corrected chi connectivity index (χ0v) is 9.10. The van der Waals surface area contributed by atoms with E-state index in [0.29, 0.717) is 25.1 Å². The second-order valence-electron chi connectivity index (χ2n) is 3.92. The molecule has 0 aromatic rings. The quantitative estimate of drug-likeness (QED) is 0.518. The van der Waals surface area contributed by atoms with E-state index in [4.69, 9.17) is 10.5 Å². The molecule has 4 atom stereocenters. The van der Waals surface area contributed by atoms with Crippen LogP contribution < -0.4 is 11.2 Å². The Balaban J connectivity index is 2.44. The predicted molar refractivity (Wildman–Crippen MR) is 54.3 cm³/mol. The Labute approximate surface area is 85.2 Å². The molecule has 0 saturated carbocycles. The number of rotatable bonds is 4. The first kappa shape index (κ1) is 11.9. The lowest BCUT2D eigenvalue weighted by Gasteiger charge is -2.22. The maximum absolute atomic E-state index is 9.72. The summed E-state index contributed by atoms with van der Waals surface area (Å²) in [6.45, 7) is 5.04. The fourth-order valence-electron chi connectivity index (χ4n) is 1.74. The van der Waals surface area contributed by atoms with E-state index in [0.717, 1.165) is 0 Å². The van der Waals surface area contributed by atoms with Gasteiger partial charge in [-0.1, -0.05) is 6.92 Å². The van der Waals surface area contributed by atoms with Gasteiger partial charge in [-0.15, -0.1) is 0 Å². The number of nitrogens with zero attached hydrogens (tertiary/aromatic N) is 1. The molecule has 4 N–H and O–H groups in total. The van der Waals surface area contributed by atoms with Gasteiger partial charge < -0.3 is 15.6 Å². The Hall–Kier alpha value is -0.200. The van der Waals surface area contributed by atoms with E-state index in [1.165, 1.54) is 0 Å². The number of ether oxygens (including phenoxy) is 1. The highest BCUT2D eigenvalue weighted by Crippen LogP contribution is 2.22. The van der Waals surface area contributed by atoms with E-state index in [9.17, 15) is 5.11 Å². The molecular weight excluding hydrogens is 182 g/mol. The van der Waals surface area contributed by atoms with Crippen molar-refractivity contribution in [2.75, 3.05) is 20.2 Å². The number of nitrogens with two attached hydrogens (primary N) is 1. The van der Waals surface area contributed by atoms with E-state index < -0.39 is 6.29 Å². The number of aliphatic hydroxyl groups excluding tert-OH is 1. The van der Waals surface area contributed by atoms with E-state index >= 15 is 0 Å². The monoisotopic (exact) mass is 203 g/mol. The molecule has 1 saturated heterocycles. The van der Waals surface area contributed by atoms with Gasteiger partial charge >= 0.3 is 0 Å². The normalized spacial score (nSPS) is 36.2. The molecule has 1 aliphatic rings. The van der Waals surface area contributed by atoms with Crippen molar-refractivity contribution < 1.29 is 9.84 Å². The van der Waals surface area contributed by atoms with Crippen molar-refractivity contribution in [1.82, 2.24) is 10.4 Å². The lowest BCUT2D eigenvalue weighted by molar-refractivity contribution is -0.123. The van der Waals surface area contributed by atoms with Crippen LogP contribution in [-0.2, 0) is 4.74 Å². The zero-order valence-electron chi connectivity index (χ0n) is 9.10. The summed E-state index contributed by atoms with van der Waals surface area (Å²) in [6.07, 6.45) is -0.777. The molecule has 5 nitrogen and oxygen atoms in total. The Kier molecular flexibility index (Phi) is 4.28. The van der Waals surface area contributed by atoms with E-state index in [1.807, 2.05) is 12.1 Å². The highest BCUT2D eigenvalue weighted by atomic mass is 16.6. The number of nitrogens with one attached hydrogen (secondary N) is 1. The van der Waals surface area contributed by atoms with Crippen molar-refractivity contribution in [1.29, 1.82) is 0 Å². The van der Waals surface area contributed by atoms with Crippen LogP contribution in [0.2, 0.25) is 0 Å². The second kappa shape index (κ2) is 5.04. The molecule has 5 heteroatoms. The maximum atomic E-state index is 9.72. The Morgan fingerprint density at radius 1 is 1.57 bits per heavy atom.